The summed E-state index contributed by atoms with van der Waals surface area (Å²) in [5, 5.41) is 14.2. The van der Waals surface area contributed by atoms with Crippen molar-refractivity contribution in [1.82, 2.24) is 5.32 Å². The van der Waals surface area contributed by atoms with Crippen molar-refractivity contribution in [2.24, 2.45) is 0 Å². The van der Waals surface area contributed by atoms with Crippen molar-refractivity contribution in [3.05, 3.63) is 102 Å². The summed E-state index contributed by atoms with van der Waals surface area (Å²) in [6.07, 6.45) is 1.17. The predicted octanol–water partition coefficient (Wildman–Crippen LogP) is 5.70. The third-order valence-electron chi connectivity index (χ3n) is 6.37. The number of carbonyl (C=O) groups is 3. The second-order valence-electron chi connectivity index (χ2n) is 9.09. The molecule has 0 heterocycles. The molecular formula is C31H30N2O4. The van der Waals surface area contributed by atoms with E-state index in [0.29, 0.717) is 18.4 Å². The molecule has 0 radical (unpaired) electrons. The molecule has 2 amide bonds. The zero-order valence-corrected chi connectivity index (χ0v) is 21.0. The number of fused-ring (bicyclic) bond motifs is 1. The highest BCUT2D eigenvalue weighted by atomic mass is 16.4. The summed E-state index contributed by atoms with van der Waals surface area (Å²) in [4.78, 5) is 38.3. The first kappa shape index (κ1) is 25.6. The average Bonchev–Trinajstić information content (AvgIpc) is 2.92. The number of amides is 2. The van der Waals surface area contributed by atoms with Gasteiger partial charge in [0.2, 0.25) is 5.91 Å². The van der Waals surface area contributed by atoms with Crippen molar-refractivity contribution in [1.29, 1.82) is 0 Å². The molecule has 2 N–H and O–H groups in total. The highest BCUT2D eigenvalue weighted by molar-refractivity contribution is 6.08. The van der Waals surface area contributed by atoms with Crippen LogP contribution in [0.5, 0.6) is 0 Å². The van der Waals surface area contributed by atoms with Gasteiger partial charge in [-0.15, -0.1) is 0 Å². The fraction of sp³-hybridized carbons (Fsp3) is 0.194. The molecule has 0 fully saturated rings. The Hall–Kier alpha value is -4.45. The lowest BCUT2D eigenvalue weighted by atomic mass is 10.00. The number of hydrogen-bond donors (Lipinski definition) is 2. The SMILES string of the molecule is CCCC(=O)N[C@@H](Cc1ccc(-c2cccc(N(C)C(=O)c3ccc4ccccc4c3)c2)cc1)C(=O)O. The van der Waals surface area contributed by atoms with Crippen LogP contribution in [0.1, 0.15) is 35.7 Å². The quantitative estimate of drug-likeness (QED) is 0.313. The molecule has 0 saturated carbocycles. The van der Waals surface area contributed by atoms with E-state index < -0.39 is 12.0 Å². The molecular weight excluding hydrogens is 464 g/mol. The van der Waals surface area contributed by atoms with Crippen molar-refractivity contribution in [3.8, 4) is 11.1 Å². The van der Waals surface area contributed by atoms with Crippen molar-refractivity contribution in [3.63, 3.8) is 0 Å². The lowest BCUT2D eigenvalue weighted by Crippen LogP contribution is -2.42. The first-order chi connectivity index (χ1) is 17.9. The lowest BCUT2D eigenvalue weighted by molar-refractivity contribution is -0.141. The molecule has 37 heavy (non-hydrogen) atoms. The molecule has 6 nitrogen and oxygen atoms in total. The van der Waals surface area contributed by atoms with Gasteiger partial charge in [0.05, 0.1) is 0 Å². The van der Waals surface area contributed by atoms with Crippen molar-refractivity contribution in [2.45, 2.75) is 32.2 Å². The minimum atomic E-state index is -1.06. The monoisotopic (exact) mass is 494 g/mol. The number of carbonyl (C=O) groups excluding carboxylic acids is 2. The molecule has 4 rings (SSSR count). The molecule has 0 saturated heterocycles. The van der Waals surface area contributed by atoms with Crippen molar-refractivity contribution >= 4 is 34.2 Å². The summed E-state index contributed by atoms with van der Waals surface area (Å²) in [7, 11) is 1.76. The van der Waals surface area contributed by atoms with Gasteiger partial charge in [-0.05, 0) is 58.1 Å². The number of aliphatic carboxylic acids is 1. The van der Waals surface area contributed by atoms with Gasteiger partial charge in [0.1, 0.15) is 6.04 Å². The molecule has 1 atom stereocenters. The highest BCUT2D eigenvalue weighted by Crippen LogP contribution is 2.26. The Labute approximate surface area is 216 Å². The lowest BCUT2D eigenvalue weighted by Gasteiger charge is -2.19. The molecule has 0 aromatic heterocycles. The van der Waals surface area contributed by atoms with Gasteiger partial charge >= 0.3 is 5.97 Å². The molecule has 6 heteroatoms. The molecule has 4 aromatic carbocycles. The summed E-state index contributed by atoms with van der Waals surface area (Å²) >= 11 is 0. The second kappa shape index (κ2) is 11.5. The minimum absolute atomic E-state index is 0.0944. The highest BCUT2D eigenvalue weighted by Gasteiger charge is 2.20. The summed E-state index contributed by atoms with van der Waals surface area (Å²) in [5.41, 5.74) is 4.08. The van der Waals surface area contributed by atoms with Gasteiger partial charge in [0.25, 0.3) is 5.91 Å². The molecule has 0 aliphatic heterocycles. The number of rotatable bonds is 9. The van der Waals surface area contributed by atoms with Crippen LogP contribution in [0.15, 0.2) is 91.0 Å². The smallest absolute Gasteiger partial charge is 0.326 e. The van der Waals surface area contributed by atoms with Crippen LogP contribution in [0.4, 0.5) is 5.69 Å². The topological polar surface area (TPSA) is 86.7 Å². The largest absolute Gasteiger partial charge is 0.480 e. The number of benzene rings is 4. The number of nitrogens with one attached hydrogen (secondary N) is 1. The Morgan fingerprint density at radius 2 is 1.57 bits per heavy atom. The summed E-state index contributed by atoms with van der Waals surface area (Å²) in [6, 6.07) is 28.0. The third kappa shape index (κ3) is 6.22. The van der Waals surface area contributed by atoms with Gasteiger partial charge in [-0.2, -0.15) is 0 Å². The Kier molecular flexibility index (Phi) is 7.98. The van der Waals surface area contributed by atoms with Crippen LogP contribution in [0.25, 0.3) is 21.9 Å². The fourth-order valence-electron chi connectivity index (χ4n) is 4.29. The van der Waals surface area contributed by atoms with Gasteiger partial charge < -0.3 is 15.3 Å². The maximum atomic E-state index is 13.2. The Morgan fingerprint density at radius 1 is 0.838 bits per heavy atom. The number of hydrogen-bond acceptors (Lipinski definition) is 3. The van der Waals surface area contributed by atoms with E-state index in [1.54, 1.807) is 11.9 Å². The third-order valence-corrected chi connectivity index (χ3v) is 6.37. The van der Waals surface area contributed by atoms with E-state index in [0.717, 1.165) is 33.2 Å². The van der Waals surface area contributed by atoms with Crippen LogP contribution in [-0.2, 0) is 16.0 Å². The van der Waals surface area contributed by atoms with Crippen molar-refractivity contribution in [2.75, 3.05) is 11.9 Å². The molecule has 0 unspecified atom stereocenters. The Balaban J connectivity index is 1.49. The first-order valence-electron chi connectivity index (χ1n) is 12.3. The van der Waals surface area contributed by atoms with E-state index in [9.17, 15) is 19.5 Å². The summed E-state index contributed by atoms with van der Waals surface area (Å²) in [5.74, 6) is -1.41. The van der Waals surface area contributed by atoms with Gasteiger partial charge in [-0.25, -0.2) is 4.79 Å². The van der Waals surface area contributed by atoms with E-state index in [4.69, 9.17) is 0 Å². The van der Waals surface area contributed by atoms with Gasteiger partial charge in [-0.3, -0.25) is 9.59 Å². The van der Waals surface area contributed by atoms with Crippen LogP contribution in [0.3, 0.4) is 0 Å². The number of anilines is 1. The predicted molar refractivity (Wildman–Crippen MR) is 147 cm³/mol. The van der Waals surface area contributed by atoms with Gasteiger partial charge in [0.15, 0.2) is 0 Å². The van der Waals surface area contributed by atoms with E-state index >= 15 is 0 Å². The molecule has 0 aliphatic carbocycles. The molecule has 0 spiro atoms. The van der Waals surface area contributed by atoms with E-state index in [2.05, 4.69) is 5.32 Å². The van der Waals surface area contributed by atoms with Gasteiger partial charge in [-0.1, -0.05) is 73.7 Å². The van der Waals surface area contributed by atoms with Crippen LogP contribution in [0.2, 0.25) is 0 Å². The van der Waals surface area contributed by atoms with E-state index in [1.165, 1.54) is 0 Å². The Morgan fingerprint density at radius 3 is 2.27 bits per heavy atom. The standard InChI is InChI=1S/C31H30N2O4/c1-3-7-29(34)32-28(31(36)37)18-21-12-14-23(15-13-21)25-10-6-11-27(20-25)33(2)30(35)26-17-16-22-8-4-5-9-24(22)19-26/h4-6,8-17,19-20,28H,3,7,18H2,1-2H3,(H,32,34)(H,36,37)/t28-/m0/s1. The van der Waals surface area contributed by atoms with Crippen LogP contribution < -0.4 is 10.2 Å². The number of carboxylic acids is 1. The fourth-order valence-corrected chi connectivity index (χ4v) is 4.29. The Bertz CT molecular complexity index is 1430. The molecule has 188 valence electrons. The van der Waals surface area contributed by atoms with E-state index in [-0.39, 0.29) is 18.2 Å². The number of nitrogens with zero attached hydrogens (tertiary/aromatic N) is 1. The zero-order valence-electron chi connectivity index (χ0n) is 21.0. The van der Waals surface area contributed by atoms with Crippen LogP contribution >= 0.6 is 0 Å². The van der Waals surface area contributed by atoms with E-state index in [1.807, 2.05) is 97.9 Å². The maximum Gasteiger partial charge on any atom is 0.326 e. The van der Waals surface area contributed by atoms with Gasteiger partial charge in [0, 0.05) is 31.1 Å². The normalized spacial score (nSPS) is 11.6. The van der Waals surface area contributed by atoms with Crippen molar-refractivity contribution < 1.29 is 19.5 Å². The average molecular weight is 495 g/mol. The second-order valence-corrected chi connectivity index (χ2v) is 9.09. The molecule has 0 aliphatic rings. The molecule has 0 bridgehead atoms. The maximum absolute atomic E-state index is 13.2. The zero-order chi connectivity index (χ0) is 26.4. The summed E-state index contributed by atoms with van der Waals surface area (Å²) in [6.45, 7) is 1.88. The number of carboxylic acid groups (broad SMARTS) is 1. The summed E-state index contributed by atoms with van der Waals surface area (Å²) < 4.78 is 0. The van der Waals surface area contributed by atoms with Crippen LogP contribution in [-0.4, -0.2) is 36.0 Å². The minimum Gasteiger partial charge on any atom is -0.480 e. The molecule has 4 aromatic rings. The van der Waals surface area contributed by atoms with Crippen LogP contribution in [0, 0.1) is 0 Å². The first-order valence-corrected chi connectivity index (χ1v) is 12.3.